The third-order valence-electron chi connectivity index (χ3n) is 23.8. The van der Waals surface area contributed by atoms with Crippen molar-refractivity contribution in [2.24, 2.45) is 52.2 Å². The molecule has 0 fully saturated rings. The first-order valence-corrected chi connectivity index (χ1v) is 46.7. The van der Waals surface area contributed by atoms with Gasteiger partial charge in [0.2, 0.25) is 6.41 Å². The van der Waals surface area contributed by atoms with E-state index in [0.717, 1.165) is 201 Å². The summed E-state index contributed by atoms with van der Waals surface area (Å²) >= 11 is 0. The third kappa shape index (κ3) is 21.1. The number of para-hydroxylation sites is 1. The number of aromatic nitrogens is 14. The summed E-state index contributed by atoms with van der Waals surface area (Å²) in [6, 6.07) is 45.9. The lowest BCUT2D eigenvalue weighted by Gasteiger charge is -2.24. The van der Waals surface area contributed by atoms with Gasteiger partial charge in [0.25, 0.3) is 5.90 Å². The predicted molar refractivity (Wildman–Crippen MR) is 549 cm³/mol. The molecular weight excluding hydrogens is 1720 g/mol. The first-order chi connectivity index (χ1) is 66.2. The van der Waals surface area contributed by atoms with Gasteiger partial charge in [0.1, 0.15) is 51.9 Å². The topological polar surface area (TPSA) is 345 Å². The van der Waals surface area contributed by atoms with Crippen molar-refractivity contribution in [2.45, 2.75) is 158 Å². The van der Waals surface area contributed by atoms with Crippen molar-refractivity contribution in [3.63, 3.8) is 0 Å². The van der Waals surface area contributed by atoms with Gasteiger partial charge in [-0.05, 0) is 248 Å². The number of rotatable bonds is 29. The molecule has 0 saturated heterocycles. The van der Waals surface area contributed by atoms with Crippen molar-refractivity contribution in [3.8, 4) is 45.7 Å². The van der Waals surface area contributed by atoms with Crippen LogP contribution < -0.4 is 24.9 Å². The highest BCUT2D eigenvalue weighted by atomic mass is 16.5. The number of carbonyl (C=O) groups is 2. The maximum Gasteiger partial charge on any atom is 0.359 e. The van der Waals surface area contributed by atoms with Crippen LogP contribution in [0.3, 0.4) is 0 Å². The highest BCUT2D eigenvalue weighted by Gasteiger charge is 2.37. The number of aromatic amines is 1. The van der Waals surface area contributed by atoms with Gasteiger partial charge in [0.05, 0.1) is 99.4 Å². The number of ether oxygens (including phenoxy) is 2. The van der Waals surface area contributed by atoms with E-state index < -0.39 is 5.97 Å². The Bertz CT molecular complexity index is 6970. The fourth-order valence-electron chi connectivity index (χ4n) is 16.5. The van der Waals surface area contributed by atoms with E-state index in [9.17, 15) is 14.4 Å². The number of hydrogen-bond donors (Lipinski definition) is 2. The Morgan fingerprint density at radius 3 is 1.54 bits per heavy atom. The summed E-state index contributed by atoms with van der Waals surface area (Å²) in [5.74, 6) is 6.38. The molecule has 1 amide bonds. The monoisotopic (exact) mass is 1840 g/mol. The summed E-state index contributed by atoms with van der Waals surface area (Å²) in [6.07, 6.45) is 7.90. The molecule has 32 nitrogen and oxygen atoms in total. The molecule has 0 saturated carbocycles. The molecular formula is C105H119N27O5. The number of H-pyrrole nitrogens is 1. The fourth-order valence-corrected chi connectivity index (χ4v) is 16.5. The average Bonchev–Trinajstić information content (AvgIpc) is 1.59. The van der Waals surface area contributed by atoms with E-state index in [1.165, 1.54) is 29.1 Å². The molecule has 17 rings (SSSR count). The number of pyridine rings is 4. The lowest BCUT2D eigenvalue weighted by atomic mass is 10.0. The van der Waals surface area contributed by atoms with Gasteiger partial charge in [-0.25, -0.2) is 83.2 Å². The van der Waals surface area contributed by atoms with Crippen molar-refractivity contribution in [2.75, 3.05) is 85.6 Å². The van der Waals surface area contributed by atoms with E-state index in [2.05, 4.69) is 201 Å². The predicted octanol–water partition coefficient (Wildman–Crippen LogP) is 19.4. The molecule has 704 valence electrons. The molecule has 9 aromatic heterocycles. The first-order valence-electron chi connectivity index (χ1n) is 46.7. The Morgan fingerprint density at radius 2 is 1.02 bits per heavy atom. The highest BCUT2D eigenvalue weighted by molar-refractivity contribution is 6.51. The van der Waals surface area contributed by atoms with Crippen LogP contribution in [0.15, 0.2) is 210 Å². The number of aryl methyl sites for hydroxylation is 5. The van der Waals surface area contributed by atoms with Gasteiger partial charge < -0.3 is 39.4 Å². The van der Waals surface area contributed by atoms with Gasteiger partial charge in [-0.1, -0.05) is 77.9 Å². The summed E-state index contributed by atoms with van der Waals surface area (Å²) in [4.78, 5) is 109. The second-order valence-electron chi connectivity index (χ2n) is 34.4. The van der Waals surface area contributed by atoms with Crippen molar-refractivity contribution >= 4 is 121 Å². The molecule has 32 heteroatoms. The number of benzene rings is 4. The summed E-state index contributed by atoms with van der Waals surface area (Å²) in [7, 11) is 1.34. The van der Waals surface area contributed by atoms with E-state index in [0.29, 0.717) is 81.5 Å². The minimum Gasteiger partial charge on any atom is -0.464 e. The van der Waals surface area contributed by atoms with E-state index in [1.54, 1.807) is 27.8 Å². The average molecular weight is 1840 g/mol. The lowest BCUT2D eigenvalue weighted by molar-refractivity contribution is -0.109. The van der Waals surface area contributed by atoms with Crippen LogP contribution in [0.25, 0.3) is 56.6 Å². The third-order valence-corrected chi connectivity index (χ3v) is 23.8. The molecule has 0 aliphatic carbocycles. The molecule has 0 unspecified atom stereocenters. The van der Waals surface area contributed by atoms with Crippen molar-refractivity contribution < 1.29 is 23.9 Å². The number of nitrogens with zero attached hydrogens (tertiary/aromatic N) is 25. The maximum absolute atomic E-state index is 12.6. The SMILES string of the molecule is CCN(CC(C)C)c1ccc(N=C2C(CC(C)C)=Nn3c2nc(C(C)C)c3-c2nc(C)c(C)[nH]2)nc1.CCN(CC)c1ccc(N=C2C(C)=Nn3c2nc(-c2ccccn2)c3C(=O)OC)c(C)c1.CCN(CC)c1ccc(N=C2C(CNC=O)=Nn3c2nc(-c2ccc4ccccc4n2)c3C)c(C)c1.CCN(CC)c1ccc(N=C2C(OC=C=C=O)=Nn3c2nc(-c2ccccn2)c3C)c(C)c1. The van der Waals surface area contributed by atoms with E-state index >= 15 is 0 Å². The number of esters is 1. The van der Waals surface area contributed by atoms with Crippen LogP contribution in [0.1, 0.15) is 188 Å². The number of fused-ring (bicyclic) bond motifs is 5. The van der Waals surface area contributed by atoms with Gasteiger partial charge >= 0.3 is 5.97 Å². The molecule has 4 aromatic carbocycles. The molecule has 2 N–H and O–H groups in total. The summed E-state index contributed by atoms with van der Waals surface area (Å²) in [6.45, 7) is 52.0. The van der Waals surface area contributed by atoms with Crippen molar-refractivity contribution in [1.29, 1.82) is 0 Å². The molecule has 0 atom stereocenters. The van der Waals surface area contributed by atoms with Crippen LogP contribution in [0.2, 0.25) is 0 Å². The Labute approximate surface area is 799 Å². The highest BCUT2D eigenvalue weighted by Crippen LogP contribution is 2.38. The Morgan fingerprint density at radius 1 is 0.504 bits per heavy atom. The van der Waals surface area contributed by atoms with Crippen LogP contribution >= 0.6 is 0 Å². The van der Waals surface area contributed by atoms with Gasteiger partial charge in [0.15, 0.2) is 52.3 Å². The molecule has 137 heavy (non-hydrogen) atoms. The molecule has 0 spiro atoms. The Hall–Kier alpha value is -15.7. The maximum atomic E-state index is 12.6. The zero-order chi connectivity index (χ0) is 97.6. The molecule has 0 radical (unpaired) electrons. The molecule has 0 bridgehead atoms. The summed E-state index contributed by atoms with van der Waals surface area (Å²) in [5, 5.41) is 22.7. The standard InChI is InChI=1S/C28H40N8.C28H29N7O.C25H24N6O2.C24H26N6O2/c1-10-35(15-17(4)5)21-11-12-23(29-14-21)32-25-22(13-16(2)3)34-36-26(24(18(6)7)33-28(25)36)27-30-19(8)20(9)31-27;1-5-34(6-2)21-12-14-22(18(3)15-21)31-27-25(16-29-17-36)33-35-19(4)26(32-28(27)35)24-13-11-20-9-7-8-10-23(20)30-24;1-5-30(6-2)19-11-12-20(17(3)16-19)27-23-24-28-22(21-10-7-8-13-26-21)18(4)31(24)29-25(23)33-15-9-14-32;1-6-29(7-2)17-11-12-18(15(3)14-17)26-20-16(4)28-30-22(24(31)32-5)21(27-23(20)30)19-10-8-9-13-25-19/h11-12,14,16-18H,10,13,15H2,1-9H3,(H,30,31);7-15,17H,5-6,16H2,1-4H3,(H,29,36);7-8,10-13,15-16H,5-6H2,1-4H3;8-14H,6-7H2,1-5H3. The van der Waals surface area contributed by atoms with Crippen LogP contribution in [0.5, 0.6) is 0 Å². The number of carbonyl (C=O) groups excluding carboxylic acids is 3. The number of amides is 1. The van der Waals surface area contributed by atoms with Crippen LogP contribution in [-0.2, 0) is 19.1 Å². The molecule has 4 aliphatic heterocycles. The first kappa shape index (κ1) is 97.3. The Kier molecular flexibility index (Phi) is 30.9. The molecule has 13 aromatic rings. The minimum absolute atomic E-state index is 0.215. The number of nitrogens with one attached hydrogen (secondary N) is 2. The van der Waals surface area contributed by atoms with Crippen molar-refractivity contribution in [3.05, 3.63) is 244 Å². The molecule has 13 heterocycles. The minimum atomic E-state index is -0.526. The van der Waals surface area contributed by atoms with Crippen LogP contribution in [0, 0.1) is 60.3 Å². The summed E-state index contributed by atoms with van der Waals surface area (Å²) < 4.78 is 17.5. The smallest absolute Gasteiger partial charge is 0.359 e. The van der Waals surface area contributed by atoms with E-state index in [4.69, 9.17) is 74.5 Å². The van der Waals surface area contributed by atoms with Gasteiger partial charge in [0, 0.05) is 98.6 Å². The lowest BCUT2D eigenvalue weighted by Crippen LogP contribution is -2.27. The quantitative estimate of drug-likeness (QED) is 0.0145. The molecule has 4 aliphatic rings. The normalized spacial score (nSPS) is 13.8. The number of anilines is 4. The van der Waals surface area contributed by atoms with Gasteiger partial charge in [-0.3, -0.25) is 14.8 Å². The Balaban J connectivity index is 0.000000146. The van der Waals surface area contributed by atoms with E-state index in [1.807, 2.05) is 144 Å². The van der Waals surface area contributed by atoms with E-state index in [-0.39, 0.29) is 24.1 Å². The van der Waals surface area contributed by atoms with Gasteiger partial charge in [-0.15, -0.1) is 5.10 Å². The number of hydrogen-bond acceptors (Lipinski definition) is 26. The zero-order valence-corrected chi connectivity index (χ0v) is 82.2. The largest absolute Gasteiger partial charge is 0.464 e. The number of aliphatic imine (C=N–C) groups is 4. The summed E-state index contributed by atoms with van der Waals surface area (Å²) in [5.41, 5.74) is 28.0. The van der Waals surface area contributed by atoms with Crippen LogP contribution in [0.4, 0.5) is 45.6 Å². The fraction of sp³-hybridized carbons (Fsp3) is 0.333. The van der Waals surface area contributed by atoms with Gasteiger partial charge in [-0.2, -0.15) is 15.3 Å². The number of imidazole rings is 5. The van der Waals surface area contributed by atoms with Crippen LogP contribution in [-0.4, -0.2) is 199 Å². The zero-order valence-electron chi connectivity index (χ0n) is 82.2. The number of methoxy groups -OCH3 is 1. The van der Waals surface area contributed by atoms with Crippen molar-refractivity contribution in [1.82, 2.24) is 73.9 Å². The second-order valence-corrected chi connectivity index (χ2v) is 34.4. The second kappa shape index (κ2) is 43.6.